The summed E-state index contributed by atoms with van der Waals surface area (Å²) in [6.45, 7) is 10.0. The Balaban J connectivity index is 2.97. The van der Waals surface area contributed by atoms with Gasteiger partial charge in [-0.1, -0.05) is 6.07 Å². The summed E-state index contributed by atoms with van der Waals surface area (Å²) in [6.07, 6.45) is 0. The van der Waals surface area contributed by atoms with Gasteiger partial charge in [0.2, 0.25) is 0 Å². The van der Waals surface area contributed by atoms with Crippen LogP contribution in [-0.4, -0.2) is 4.98 Å². The number of nitrogens with zero attached hydrogens (tertiary/aromatic N) is 1. The molecule has 0 saturated heterocycles. The highest BCUT2D eigenvalue weighted by Crippen LogP contribution is 2.32. The van der Waals surface area contributed by atoms with Gasteiger partial charge in [-0.25, -0.2) is 0 Å². The molecule has 0 aliphatic rings. The third-order valence-electron chi connectivity index (χ3n) is 3.92. The van der Waals surface area contributed by atoms with E-state index in [-0.39, 0.29) is 11.1 Å². The van der Waals surface area contributed by atoms with E-state index in [1.54, 1.807) is 0 Å². The lowest BCUT2D eigenvalue weighted by Gasteiger charge is -2.16. The van der Waals surface area contributed by atoms with Crippen molar-refractivity contribution in [1.29, 1.82) is 5.26 Å². The van der Waals surface area contributed by atoms with E-state index >= 15 is 0 Å². The zero-order valence-electron chi connectivity index (χ0n) is 12.5. The van der Waals surface area contributed by atoms with Crippen molar-refractivity contribution >= 4 is 0 Å². The number of H-pyrrole nitrogens is 1. The molecular formula is C17H18N2O. The Morgan fingerprint density at radius 2 is 1.55 bits per heavy atom. The fourth-order valence-corrected chi connectivity index (χ4v) is 2.62. The molecule has 0 aliphatic carbocycles. The standard InChI is InChI=1S/C17H18N2O/c1-9-6-10(2)13(5)16(12(9)4)14-7-11(3)19-17(20)15(14)8-18/h6-7H,1-5H3,(H,19,20). The monoisotopic (exact) mass is 266 g/mol. The maximum absolute atomic E-state index is 12.0. The second kappa shape index (κ2) is 4.97. The highest BCUT2D eigenvalue weighted by atomic mass is 16.1. The molecule has 3 heteroatoms. The molecule has 1 aromatic carbocycles. The van der Waals surface area contributed by atoms with Gasteiger partial charge in [-0.3, -0.25) is 4.79 Å². The van der Waals surface area contributed by atoms with Crippen molar-refractivity contribution in [3.8, 4) is 17.2 Å². The lowest BCUT2D eigenvalue weighted by Crippen LogP contribution is -2.13. The summed E-state index contributed by atoms with van der Waals surface area (Å²) >= 11 is 0. The molecule has 20 heavy (non-hydrogen) atoms. The Labute approximate surface area is 118 Å². The zero-order valence-corrected chi connectivity index (χ0v) is 12.5. The molecule has 0 amide bonds. The van der Waals surface area contributed by atoms with Crippen LogP contribution in [0.1, 0.15) is 33.5 Å². The van der Waals surface area contributed by atoms with Gasteiger partial charge in [0.25, 0.3) is 5.56 Å². The summed E-state index contributed by atoms with van der Waals surface area (Å²) in [5.74, 6) is 0. The van der Waals surface area contributed by atoms with Gasteiger partial charge < -0.3 is 4.98 Å². The number of nitriles is 1. The van der Waals surface area contributed by atoms with Crippen molar-refractivity contribution in [2.24, 2.45) is 0 Å². The van der Waals surface area contributed by atoms with Crippen LogP contribution in [0.2, 0.25) is 0 Å². The number of hydrogen-bond donors (Lipinski definition) is 1. The van der Waals surface area contributed by atoms with E-state index in [1.807, 2.05) is 32.9 Å². The molecule has 0 aliphatic heterocycles. The SMILES string of the molecule is Cc1cc(-c2c(C)c(C)cc(C)c2C)c(C#N)c(=O)[nH]1. The van der Waals surface area contributed by atoms with Crippen LogP contribution < -0.4 is 5.56 Å². The lowest BCUT2D eigenvalue weighted by molar-refractivity contribution is 1.12. The van der Waals surface area contributed by atoms with Gasteiger partial charge in [-0.15, -0.1) is 0 Å². The van der Waals surface area contributed by atoms with E-state index in [0.29, 0.717) is 0 Å². The van der Waals surface area contributed by atoms with Gasteiger partial charge in [-0.2, -0.15) is 5.26 Å². The van der Waals surface area contributed by atoms with Crippen LogP contribution in [0.4, 0.5) is 0 Å². The van der Waals surface area contributed by atoms with E-state index in [4.69, 9.17) is 0 Å². The molecular weight excluding hydrogens is 248 g/mol. The molecule has 0 unspecified atom stereocenters. The number of rotatable bonds is 1. The molecule has 0 spiro atoms. The zero-order chi connectivity index (χ0) is 15.0. The van der Waals surface area contributed by atoms with Crippen molar-refractivity contribution in [1.82, 2.24) is 4.98 Å². The first-order chi connectivity index (χ1) is 9.36. The smallest absolute Gasteiger partial charge is 0.266 e. The summed E-state index contributed by atoms with van der Waals surface area (Å²) in [6, 6.07) is 6.06. The van der Waals surface area contributed by atoms with Crippen molar-refractivity contribution < 1.29 is 0 Å². The van der Waals surface area contributed by atoms with E-state index in [9.17, 15) is 10.1 Å². The van der Waals surface area contributed by atoms with Crippen LogP contribution >= 0.6 is 0 Å². The van der Waals surface area contributed by atoms with Gasteiger partial charge in [0.05, 0.1) is 0 Å². The molecule has 0 saturated carbocycles. The normalized spacial score (nSPS) is 10.4. The Morgan fingerprint density at radius 3 is 2.05 bits per heavy atom. The van der Waals surface area contributed by atoms with Crippen LogP contribution in [0.15, 0.2) is 16.9 Å². The number of aromatic nitrogens is 1. The minimum absolute atomic E-state index is 0.187. The van der Waals surface area contributed by atoms with E-state index in [2.05, 4.69) is 24.9 Å². The number of hydrogen-bond acceptors (Lipinski definition) is 2. The largest absolute Gasteiger partial charge is 0.325 e. The van der Waals surface area contributed by atoms with Crippen LogP contribution in [-0.2, 0) is 0 Å². The Kier molecular flexibility index (Phi) is 3.50. The summed E-state index contributed by atoms with van der Waals surface area (Å²) in [5, 5.41) is 9.30. The molecule has 0 atom stereocenters. The Bertz CT molecular complexity index is 766. The summed E-state index contributed by atoms with van der Waals surface area (Å²) < 4.78 is 0. The maximum Gasteiger partial charge on any atom is 0.266 e. The van der Waals surface area contributed by atoms with Crippen LogP contribution in [0.25, 0.3) is 11.1 Å². The third kappa shape index (κ3) is 2.14. The van der Waals surface area contributed by atoms with Crippen molar-refractivity contribution in [3.05, 3.63) is 56.0 Å². The van der Waals surface area contributed by atoms with Crippen LogP contribution in [0, 0.1) is 45.9 Å². The van der Waals surface area contributed by atoms with Gasteiger partial charge in [-0.05, 0) is 68.5 Å². The highest BCUT2D eigenvalue weighted by Gasteiger charge is 2.16. The average molecular weight is 266 g/mol. The molecule has 1 aromatic heterocycles. The third-order valence-corrected chi connectivity index (χ3v) is 3.92. The molecule has 102 valence electrons. The first kappa shape index (κ1) is 14.1. The summed E-state index contributed by atoms with van der Waals surface area (Å²) in [7, 11) is 0. The second-order valence-corrected chi connectivity index (χ2v) is 5.32. The van der Waals surface area contributed by atoms with Crippen LogP contribution in [0.3, 0.4) is 0 Å². The predicted octanol–water partition coefficient (Wildman–Crippen LogP) is 3.46. The molecule has 2 rings (SSSR count). The Morgan fingerprint density at radius 1 is 1.00 bits per heavy atom. The maximum atomic E-state index is 12.0. The fraction of sp³-hybridized carbons (Fsp3) is 0.294. The summed E-state index contributed by atoms with van der Waals surface area (Å²) in [4.78, 5) is 14.7. The fourth-order valence-electron chi connectivity index (χ4n) is 2.62. The van der Waals surface area contributed by atoms with Gasteiger partial charge in [0.1, 0.15) is 11.6 Å². The Hall–Kier alpha value is -2.34. The number of nitrogens with one attached hydrogen (secondary N) is 1. The van der Waals surface area contributed by atoms with Crippen LogP contribution in [0.5, 0.6) is 0 Å². The number of pyridine rings is 1. The van der Waals surface area contributed by atoms with Gasteiger partial charge in [0.15, 0.2) is 0 Å². The summed E-state index contributed by atoms with van der Waals surface area (Å²) in [5.41, 5.74) is 6.96. The van der Waals surface area contributed by atoms with Gasteiger partial charge >= 0.3 is 0 Å². The van der Waals surface area contributed by atoms with E-state index in [1.165, 1.54) is 11.1 Å². The molecule has 1 heterocycles. The number of aromatic amines is 1. The number of benzene rings is 1. The minimum Gasteiger partial charge on any atom is -0.325 e. The molecule has 3 nitrogen and oxygen atoms in total. The first-order valence-electron chi connectivity index (χ1n) is 6.58. The van der Waals surface area contributed by atoms with E-state index < -0.39 is 0 Å². The average Bonchev–Trinajstić information content (AvgIpc) is 2.36. The highest BCUT2D eigenvalue weighted by molar-refractivity contribution is 5.77. The second-order valence-electron chi connectivity index (χ2n) is 5.32. The quantitative estimate of drug-likeness (QED) is 0.859. The molecule has 2 aromatic rings. The minimum atomic E-state index is -0.319. The van der Waals surface area contributed by atoms with E-state index in [0.717, 1.165) is 27.9 Å². The lowest BCUT2D eigenvalue weighted by atomic mass is 9.88. The topological polar surface area (TPSA) is 56.6 Å². The van der Waals surface area contributed by atoms with Crippen molar-refractivity contribution in [2.75, 3.05) is 0 Å². The molecule has 1 N–H and O–H groups in total. The van der Waals surface area contributed by atoms with Crippen molar-refractivity contribution in [3.63, 3.8) is 0 Å². The predicted molar refractivity (Wildman–Crippen MR) is 80.9 cm³/mol. The number of aryl methyl sites for hydroxylation is 3. The molecule has 0 bridgehead atoms. The first-order valence-corrected chi connectivity index (χ1v) is 6.58. The van der Waals surface area contributed by atoms with Crippen molar-refractivity contribution in [2.45, 2.75) is 34.6 Å². The van der Waals surface area contributed by atoms with Gasteiger partial charge in [0, 0.05) is 11.3 Å². The molecule has 0 radical (unpaired) electrons. The molecule has 0 fully saturated rings.